The Balaban J connectivity index is 2.54. The number of carboxylic acid groups (broad SMARTS) is 1. The van der Waals surface area contributed by atoms with Crippen molar-refractivity contribution in [3.8, 4) is 0 Å². The fraction of sp³-hybridized carbons (Fsp3) is 0.714. The molecular weight excluding hydrogens is 260 g/mol. The van der Waals surface area contributed by atoms with Crippen LogP contribution < -0.4 is 0 Å². The van der Waals surface area contributed by atoms with Gasteiger partial charge in [-0.1, -0.05) is 13.8 Å². The second-order valence-corrected chi connectivity index (χ2v) is 5.95. The number of aryl methyl sites for hydroxylation is 1. The normalized spacial score (nSPS) is 11.2. The van der Waals surface area contributed by atoms with Gasteiger partial charge in [0.2, 0.25) is 0 Å². The standard InChI is InChI=1S/C14H24N2O2S/c1-4-7-16(8-5-2)9-6-13-15-11(3)12(19-13)10-14(17)18/h4-10H2,1-3H3,(H,17,18). The summed E-state index contributed by atoms with van der Waals surface area (Å²) in [6, 6.07) is 0. The van der Waals surface area contributed by atoms with Crippen molar-refractivity contribution < 1.29 is 9.90 Å². The molecule has 1 N–H and O–H groups in total. The van der Waals surface area contributed by atoms with Gasteiger partial charge in [0.1, 0.15) is 0 Å². The number of thiazole rings is 1. The van der Waals surface area contributed by atoms with Crippen molar-refractivity contribution in [1.29, 1.82) is 0 Å². The molecule has 4 nitrogen and oxygen atoms in total. The molecule has 1 aromatic rings. The Labute approximate surface area is 119 Å². The number of rotatable bonds is 9. The Morgan fingerprint density at radius 1 is 1.26 bits per heavy atom. The summed E-state index contributed by atoms with van der Waals surface area (Å²) < 4.78 is 0. The fourth-order valence-electron chi connectivity index (χ4n) is 2.12. The van der Waals surface area contributed by atoms with Gasteiger partial charge in [0.25, 0.3) is 0 Å². The average Bonchev–Trinajstić information content (AvgIpc) is 2.67. The summed E-state index contributed by atoms with van der Waals surface area (Å²) >= 11 is 1.55. The zero-order valence-corrected chi connectivity index (χ0v) is 12.9. The fourth-order valence-corrected chi connectivity index (χ4v) is 3.17. The van der Waals surface area contributed by atoms with Crippen LogP contribution in [-0.4, -0.2) is 40.6 Å². The lowest BCUT2D eigenvalue weighted by Gasteiger charge is -2.19. The highest BCUT2D eigenvalue weighted by Gasteiger charge is 2.12. The Kier molecular flexibility index (Phi) is 7.02. The summed E-state index contributed by atoms with van der Waals surface area (Å²) in [5.74, 6) is -0.781. The van der Waals surface area contributed by atoms with Crippen molar-refractivity contribution >= 4 is 17.3 Å². The zero-order chi connectivity index (χ0) is 14.3. The van der Waals surface area contributed by atoms with E-state index in [1.54, 1.807) is 11.3 Å². The lowest BCUT2D eigenvalue weighted by Crippen LogP contribution is -2.27. The van der Waals surface area contributed by atoms with Crippen LogP contribution in [0.15, 0.2) is 0 Å². The van der Waals surface area contributed by atoms with E-state index >= 15 is 0 Å². The Hall–Kier alpha value is -0.940. The molecule has 0 bridgehead atoms. The summed E-state index contributed by atoms with van der Waals surface area (Å²) in [4.78, 5) is 18.6. The van der Waals surface area contributed by atoms with Crippen LogP contribution >= 0.6 is 11.3 Å². The molecule has 1 heterocycles. The van der Waals surface area contributed by atoms with Crippen molar-refractivity contribution in [3.63, 3.8) is 0 Å². The molecule has 19 heavy (non-hydrogen) atoms. The first-order valence-corrected chi connectivity index (χ1v) is 7.77. The van der Waals surface area contributed by atoms with Gasteiger partial charge in [-0.15, -0.1) is 11.3 Å². The van der Waals surface area contributed by atoms with Gasteiger partial charge in [0.05, 0.1) is 17.1 Å². The van der Waals surface area contributed by atoms with E-state index in [2.05, 4.69) is 23.7 Å². The van der Waals surface area contributed by atoms with Crippen LogP contribution in [0.25, 0.3) is 0 Å². The molecule has 0 spiro atoms. The number of carbonyl (C=O) groups is 1. The van der Waals surface area contributed by atoms with Crippen molar-refractivity contribution in [2.75, 3.05) is 19.6 Å². The van der Waals surface area contributed by atoms with Crippen LogP contribution in [0.5, 0.6) is 0 Å². The highest BCUT2D eigenvalue weighted by Crippen LogP contribution is 2.19. The molecule has 108 valence electrons. The van der Waals surface area contributed by atoms with Crippen LogP contribution in [0.3, 0.4) is 0 Å². The molecule has 0 aliphatic rings. The SMILES string of the molecule is CCCN(CCC)CCc1nc(C)c(CC(=O)O)s1. The van der Waals surface area contributed by atoms with Gasteiger partial charge in [0, 0.05) is 17.8 Å². The zero-order valence-electron chi connectivity index (χ0n) is 12.1. The highest BCUT2D eigenvalue weighted by atomic mass is 32.1. The Morgan fingerprint density at radius 3 is 2.42 bits per heavy atom. The van der Waals surface area contributed by atoms with Crippen LogP contribution in [0.4, 0.5) is 0 Å². The number of carboxylic acids is 1. The van der Waals surface area contributed by atoms with E-state index in [1.165, 1.54) is 12.8 Å². The smallest absolute Gasteiger partial charge is 0.308 e. The van der Waals surface area contributed by atoms with E-state index in [0.29, 0.717) is 0 Å². The molecule has 0 aliphatic carbocycles. The first-order chi connectivity index (χ1) is 9.06. The number of nitrogens with zero attached hydrogens (tertiary/aromatic N) is 2. The van der Waals surface area contributed by atoms with Crippen LogP contribution in [-0.2, 0) is 17.6 Å². The van der Waals surface area contributed by atoms with Crippen LogP contribution in [0, 0.1) is 6.92 Å². The van der Waals surface area contributed by atoms with Gasteiger partial charge in [-0.2, -0.15) is 0 Å². The molecule has 0 radical (unpaired) electrons. The maximum Gasteiger partial charge on any atom is 0.308 e. The molecule has 0 amide bonds. The highest BCUT2D eigenvalue weighted by molar-refractivity contribution is 7.11. The molecule has 0 fully saturated rings. The molecule has 0 saturated carbocycles. The molecule has 0 unspecified atom stereocenters. The minimum atomic E-state index is -0.781. The Morgan fingerprint density at radius 2 is 1.89 bits per heavy atom. The lowest BCUT2D eigenvalue weighted by atomic mass is 10.3. The van der Waals surface area contributed by atoms with E-state index in [0.717, 1.165) is 41.6 Å². The summed E-state index contributed by atoms with van der Waals surface area (Å²) in [6.07, 6.45) is 3.35. The largest absolute Gasteiger partial charge is 0.481 e. The quantitative estimate of drug-likeness (QED) is 0.757. The molecule has 0 aromatic carbocycles. The van der Waals surface area contributed by atoms with Gasteiger partial charge < -0.3 is 10.0 Å². The molecular formula is C14H24N2O2S. The lowest BCUT2D eigenvalue weighted by molar-refractivity contribution is -0.136. The number of aromatic nitrogens is 1. The second kappa shape index (κ2) is 8.27. The van der Waals surface area contributed by atoms with Crippen molar-refractivity contribution in [1.82, 2.24) is 9.88 Å². The number of hydrogen-bond donors (Lipinski definition) is 1. The van der Waals surface area contributed by atoms with E-state index in [4.69, 9.17) is 5.11 Å². The van der Waals surface area contributed by atoms with Crippen molar-refractivity contribution in [2.45, 2.75) is 46.5 Å². The summed E-state index contributed by atoms with van der Waals surface area (Å²) in [7, 11) is 0. The van der Waals surface area contributed by atoms with Crippen molar-refractivity contribution in [2.24, 2.45) is 0 Å². The molecule has 0 aliphatic heterocycles. The first-order valence-electron chi connectivity index (χ1n) is 6.96. The van der Waals surface area contributed by atoms with Gasteiger partial charge in [0.15, 0.2) is 0 Å². The van der Waals surface area contributed by atoms with Gasteiger partial charge in [-0.25, -0.2) is 4.98 Å². The summed E-state index contributed by atoms with van der Waals surface area (Å²) in [6.45, 7) is 9.55. The minimum absolute atomic E-state index is 0.0944. The van der Waals surface area contributed by atoms with E-state index in [9.17, 15) is 4.79 Å². The Bertz CT molecular complexity index is 398. The number of aliphatic carboxylic acids is 1. The molecule has 1 aromatic heterocycles. The third kappa shape index (κ3) is 5.70. The minimum Gasteiger partial charge on any atom is -0.481 e. The monoisotopic (exact) mass is 284 g/mol. The number of hydrogen-bond acceptors (Lipinski definition) is 4. The van der Waals surface area contributed by atoms with Crippen molar-refractivity contribution in [3.05, 3.63) is 15.6 Å². The molecule has 0 saturated heterocycles. The molecule has 1 rings (SSSR count). The summed E-state index contributed by atoms with van der Waals surface area (Å²) in [5, 5.41) is 9.89. The first kappa shape index (κ1) is 16.1. The van der Waals surface area contributed by atoms with Gasteiger partial charge in [-0.3, -0.25) is 4.79 Å². The molecule has 0 atom stereocenters. The van der Waals surface area contributed by atoms with E-state index < -0.39 is 5.97 Å². The maximum absolute atomic E-state index is 10.7. The third-order valence-electron chi connectivity index (χ3n) is 2.97. The topological polar surface area (TPSA) is 53.4 Å². The van der Waals surface area contributed by atoms with Gasteiger partial charge in [-0.05, 0) is 32.9 Å². The molecule has 5 heteroatoms. The van der Waals surface area contributed by atoms with Crippen LogP contribution in [0.1, 0.15) is 42.3 Å². The predicted octanol–water partition coefficient (Wildman–Crippen LogP) is 2.74. The third-order valence-corrected chi connectivity index (χ3v) is 4.19. The van der Waals surface area contributed by atoms with E-state index in [1.807, 2.05) is 6.92 Å². The van der Waals surface area contributed by atoms with Gasteiger partial charge >= 0.3 is 5.97 Å². The maximum atomic E-state index is 10.7. The predicted molar refractivity (Wildman–Crippen MR) is 78.9 cm³/mol. The van der Waals surface area contributed by atoms with Crippen LogP contribution in [0.2, 0.25) is 0 Å². The second-order valence-electron chi connectivity index (χ2n) is 4.78. The average molecular weight is 284 g/mol. The van der Waals surface area contributed by atoms with E-state index in [-0.39, 0.29) is 6.42 Å². The summed E-state index contributed by atoms with van der Waals surface area (Å²) in [5.41, 5.74) is 0.875.